The fourth-order valence-electron chi connectivity index (χ4n) is 2.67. The Morgan fingerprint density at radius 3 is 2.60 bits per heavy atom. The van der Waals surface area contributed by atoms with E-state index < -0.39 is 23.3 Å². The Morgan fingerprint density at radius 1 is 1.40 bits per heavy atom. The first-order valence-corrected chi connectivity index (χ1v) is 7.74. The summed E-state index contributed by atoms with van der Waals surface area (Å²) in [5, 5.41) is 6.56. The second-order valence-electron chi connectivity index (χ2n) is 6.21. The lowest BCUT2D eigenvalue weighted by Gasteiger charge is -2.37. The zero-order chi connectivity index (χ0) is 18.4. The van der Waals surface area contributed by atoms with Crippen molar-refractivity contribution in [3.63, 3.8) is 0 Å². The first kappa shape index (κ1) is 17.7. The lowest BCUT2D eigenvalue weighted by Crippen LogP contribution is -2.43. The number of nitrogens with one attached hydrogen (secondary N) is 1. The summed E-state index contributed by atoms with van der Waals surface area (Å²) < 4.78 is 47.2. The molecule has 1 saturated heterocycles. The van der Waals surface area contributed by atoms with Crippen LogP contribution in [-0.2, 0) is 17.5 Å². The van der Waals surface area contributed by atoms with E-state index in [-0.39, 0.29) is 22.1 Å². The van der Waals surface area contributed by atoms with Crippen molar-refractivity contribution >= 4 is 23.4 Å². The summed E-state index contributed by atoms with van der Waals surface area (Å²) in [7, 11) is 1.32. The molecular weight excluding hydrogens is 361 g/mol. The van der Waals surface area contributed by atoms with Crippen LogP contribution in [0.25, 0.3) is 11.3 Å². The van der Waals surface area contributed by atoms with Gasteiger partial charge in [0, 0.05) is 12.5 Å². The molecule has 0 bridgehead atoms. The predicted molar refractivity (Wildman–Crippen MR) is 86.2 cm³/mol. The number of ether oxygens (including phenoxy) is 1. The largest absolute Gasteiger partial charge is 0.422 e. The van der Waals surface area contributed by atoms with Gasteiger partial charge in [-0.1, -0.05) is 18.5 Å². The summed E-state index contributed by atoms with van der Waals surface area (Å²) in [5.74, 6) is -0.714. The highest BCUT2D eigenvalue weighted by molar-refractivity contribution is 6.32. The van der Waals surface area contributed by atoms with Gasteiger partial charge < -0.3 is 15.8 Å². The van der Waals surface area contributed by atoms with E-state index in [9.17, 15) is 13.2 Å². The molecule has 0 aromatic carbocycles. The van der Waals surface area contributed by atoms with Crippen LogP contribution in [-0.4, -0.2) is 40.0 Å². The molecule has 25 heavy (non-hydrogen) atoms. The molecule has 0 spiro atoms. The number of rotatable bonds is 4. The van der Waals surface area contributed by atoms with Crippen LogP contribution in [0.3, 0.4) is 0 Å². The average molecular weight is 377 g/mol. The molecule has 0 amide bonds. The summed E-state index contributed by atoms with van der Waals surface area (Å²) >= 11 is 6.29. The van der Waals surface area contributed by atoms with Crippen molar-refractivity contribution in [2.45, 2.75) is 19.6 Å². The highest BCUT2D eigenvalue weighted by atomic mass is 35.5. The summed E-state index contributed by atoms with van der Waals surface area (Å²) in [6, 6.07) is 0. The molecule has 2 aromatic heterocycles. The first-order valence-electron chi connectivity index (χ1n) is 7.36. The van der Waals surface area contributed by atoms with Crippen LogP contribution in [0.15, 0.2) is 6.20 Å². The van der Waals surface area contributed by atoms with E-state index in [1.54, 1.807) is 0 Å². The fraction of sp³-hybridized carbons (Fsp3) is 0.500. The minimum Gasteiger partial charge on any atom is -0.380 e. The molecule has 0 radical (unpaired) electrons. The Kier molecular flexibility index (Phi) is 4.28. The van der Waals surface area contributed by atoms with Crippen LogP contribution in [0.4, 0.5) is 24.9 Å². The maximum atomic E-state index is 13.5. The van der Waals surface area contributed by atoms with Crippen LogP contribution in [0.2, 0.25) is 5.15 Å². The number of nitrogens with zero attached hydrogens (tertiary/aromatic N) is 4. The minimum atomic E-state index is -4.69. The van der Waals surface area contributed by atoms with E-state index >= 15 is 0 Å². The molecular formula is C14H16ClF3N6O. The number of hydrogen-bond donors (Lipinski definition) is 2. The smallest absolute Gasteiger partial charge is 0.380 e. The van der Waals surface area contributed by atoms with Gasteiger partial charge in [0.2, 0.25) is 5.95 Å². The number of halogens is 4. The van der Waals surface area contributed by atoms with Gasteiger partial charge in [-0.25, -0.2) is 4.98 Å². The summed E-state index contributed by atoms with van der Waals surface area (Å²) in [6.07, 6.45) is -3.44. The van der Waals surface area contributed by atoms with Crippen molar-refractivity contribution in [2.24, 2.45) is 5.41 Å². The molecule has 2 aromatic rings. The Hall–Kier alpha value is -2.07. The van der Waals surface area contributed by atoms with Crippen molar-refractivity contribution in [3.05, 3.63) is 16.9 Å². The van der Waals surface area contributed by atoms with Gasteiger partial charge in [0.15, 0.2) is 0 Å². The Bertz CT molecular complexity index is 803. The standard InChI is InChI=1S/C14H16ClF3N6O/c1-13(5-25-6-13)4-24-10(15)7(3-21-24)9-8(14(16,17)18)11(20-2)23-12(19)22-9/h3H,4-6H2,1-2H3,(H3,19,20,22,23). The van der Waals surface area contributed by atoms with E-state index in [0.29, 0.717) is 19.8 Å². The molecule has 3 heterocycles. The van der Waals surface area contributed by atoms with Gasteiger partial charge in [-0.2, -0.15) is 23.3 Å². The lowest BCUT2D eigenvalue weighted by molar-refractivity contribution is -0.136. The van der Waals surface area contributed by atoms with Crippen LogP contribution in [0.1, 0.15) is 12.5 Å². The molecule has 0 unspecified atom stereocenters. The first-order chi connectivity index (χ1) is 11.6. The van der Waals surface area contributed by atoms with Crippen molar-refractivity contribution in [1.29, 1.82) is 0 Å². The molecule has 136 valence electrons. The molecule has 1 aliphatic heterocycles. The van der Waals surface area contributed by atoms with Crippen molar-refractivity contribution in [3.8, 4) is 11.3 Å². The minimum absolute atomic E-state index is 0.0448. The zero-order valence-corrected chi connectivity index (χ0v) is 14.2. The van der Waals surface area contributed by atoms with Gasteiger partial charge in [0.05, 0.1) is 37.2 Å². The highest BCUT2D eigenvalue weighted by Gasteiger charge is 2.40. The van der Waals surface area contributed by atoms with Gasteiger partial charge in [-0.15, -0.1) is 0 Å². The predicted octanol–water partition coefficient (Wildman–Crippen LogP) is 2.67. The Morgan fingerprint density at radius 2 is 2.08 bits per heavy atom. The van der Waals surface area contributed by atoms with Gasteiger partial charge in [-0.05, 0) is 0 Å². The zero-order valence-electron chi connectivity index (χ0n) is 13.5. The summed E-state index contributed by atoms with van der Waals surface area (Å²) in [5.41, 5.74) is 4.01. The van der Waals surface area contributed by atoms with Gasteiger partial charge >= 0.3 is 6.18 Å². The number of hydrogen-bond acceptors (Lipinski definition) is 6. The molecule has 0 atom stereocenters. The monoisotopic (exact) mass is 376 g/mol. The third kappa shape index (κ3) is 3.23. The normalized spacial score (nSPS) is 16.6. The molecule has 1 fully saturated rings. The van der Waals surface area contributed by atoms with Gasteiger partial charge in [0.25, 0.3) is 0 Å². The average Bonchev–Trinajstić information content (AvgIpc) is 2.84. The second kappa shape index (κ2) is 6.03. The van der Waals surface area contributed by atoms with Crippen LogP contribution < -0.4 is 11.1 Å². The third-order valence-electron chi connectivity index (χ3n) is 3.91. The second-order valence-corrected chi connectivity index (χ2v) is 6.57. The fourth-order valence-corrected chi connectivity index (χ4v) is 2.91. The maximum Gasteiger partial charge on any atom is 0.422 e. The topological polar surface area (TPSA) is 90.9 Å². The highest BCUT2D eigenvalue weighted by Crippen LogP contribution is 2.42. The van der Waals surface area contributed by atoms with Crippen LogP contribution in [0, 0.1) is 5.41 Å². The lowest BCUT2D eigenvalue weighted by atomic mass is 9.89. The molecule has 0 saturated carbocycles. The van der Waals surface area contributed by atoms with E-state index in [4.69, 9.17) is 22.1 Å². The van der Waals surface area contributed by atoms with E-state index in [1.165, 1.54) is 17.9 Å². The SMILES string of the molecule is CNc1nc(N)nc(-c2cnn(CC3(C)COC3)c2Cl)c1C(F)(F)F. The quantitative estimate of drug-likeness (QED) is 0.852. The van der Waals surface area contributed by atoms with Crippen molar-refractivity contribution < 1.29 is 17.9 Å². The maximum absolute atomic E-state index is 13.5. The Balaban J connectivity index is 2.10. The number of alkyl halides is 3. The molecule has 11 heteroatoms. The molecule has 0 aliphatic carbocycles. The molecule has 3 N–H and O–H groups in total. The summed E-state index contributed by atoms with van der Waals surface area (Å²) in [6.45, 7) is 3.48. The van der Waals surface area contributed by atoms with Gasteiger partial charge in [0.1, 0.15) is 16.5 Å². The summed E-state index contributed by atoms with van der Waals surface area (Å²) in [4.78, 5) is 7.38. The molecule has 7 nitrogen and oxygen atoms in total. The van der Waals surface area contributed by atoms with E-state index in [1.807, 2.05) is 6.92 Å². The Labute approximate surface area is 146 Å². The van der Waals surface area contributed by atoms with E-state index in [2.05, 4.69) is 20.4 Å². The van der Waals surface area contributed by atoms with Crippen LogP contribution >= 0.6 is 11.6 Å². The number of anilines is 2. The number of nitrogens with two attached hydrogens (primary N) is 1. The molecule has 1 aliphatic rings. The van der Waals surface area contributed by atoms with Crippen molar-refractivity contribution in [2.75, 3.05) is 31.3 Å². The third-order valence-corrected chi connectivity index (χ3v) is 4.31. The van der Waals surface area contributed by atoms with Crippen molar-refractivity contribution in [1.82, 2.24) is 19.7 Å². The number of aromatic nitrogens is 4. The number of nitrogen functional groups attached to an aromatic ring is 1. The van der Waals surface area contributed by atoms with E-state index in [0.717, 1.165) is 0 Å². The van der Waals surface area contributed by atoms with Crippen LogP contribution in [0.5, 0.6) is 0 Å². The van der Waals surface area contributed by atoms with Gasteiger partial charge in [-0.3, -0.25) is 4.68 Å². The molecule has 3 rings (SSSR count).